The van der Waals surface area contributed by atoms with Gasteiger partial charge in [0.05, 0.1) is 0 Å². The maximum absolute atomic E-state index is 13.0. The SMILES string of the molecule is CN=C/C(=C\N)c1cc(F)ccc1C. The lowest BCUT2D eigenvalue weighted by atomic mass is 10.0. The first-order valence-electron chi connectivity index (χ1n) is 4.29. The van der Waals surface area contributed by atoms with Gasteiger partial charge in [0.25, 0.3) is 0 Å². The molecular weight excluding hydrogens is 179 g/mol. The van der Waals surface area contributed by atoms with Gasteiger partial charge < -0.3 is 5.73 Å². The molecular formula is C11H13FN2. The first-order valence-corrected chi connectivity index (χ1v) is 4.29. The highest BCUT2D eigenvalue weighted by Gasteiger charge is 2.03. The molecule has 0 aromatic heterocycles. The molecule has 1 rings (SSSR count). The second-order valence-electron chi connectivity index (χ2n) is 2.97. The Morgan fingerprint density at radius 1 is 1.50 bits per heavy atom. The predicted octanol–water partition coefficient (Wildman–Crippen LogP) is 2.13. The van der Waals surface area contributed by atoms with Gasteiger partial charge >= 0.3 is 0 Å². The van der Waals surface area contributed by atoms with Crippen molar-refractivity contribution < 1.29 is 4.39 Å². The Morgan fingerprint density at radius 2 is 2.21 bits per heavy atom. The van der Waals surface area contributed by atoms with Gasteiger partial charge in [0.1, 0.15) is 5.82 Å². The lowest BCUT2D eigenvalue weighted by Gasteiger charge is -2.05. The second kappa shape index (κ2) is 4.56. The van der Waals surface area contributed by atoms with Gasteiger partial charge in [-0.3, -0.25) is 4.99 Å². The summed E-state index contributed by atoms with van der Waals surface area (Å²) in [6, 6.07) is 4.60. The van der Waals surface area contributed by atoms with Crippen LogP contribution in [0.3, 0.4) is 0 Å². The first kappa shape index (κ1) is 10.4. The van der Waals surface area contributed by atoms with E-state index < -0.39 is 0 Å². The van der Waals surface area contributed by atoms with E-state index in [1.165, 1.54) is 18.3 Å². The Labute approximate surface area is 83.0 Å². The van der Waals surface area contributed by atoms with Crippen molar-refractivity contribution in [1.82, 2.24) is 0 Å². The third-order valence-electron chi connectivity index (χ3n) is 1.96. The number of nitrogens with two attached hydrogens (primary N) is 1. The zero-order valence-electron chi connectivity index (χ0n) is 8.29. The molecule has 74 valence electrons. The number of hydrogen-bond acceptors (Lipinski definition) is 2. The molecule has 3 heteroatoms. The fourth-order valence-corrected chi connectivity index (χ4v) is 1.25. The van der Waals surface area contributed by atoms with Gasteiger partial charge in [-0.25, -0.2) is 4.39 Å². The van der Waals surface area contributed by atoms with Crippen LogP contribution in [-0.2, 0) is 0 Å². The number of rotatable bonds is 2. The van der Waals surface area contributed by atoms with Gasteiger partial charge in [-0.15, -0.1) is 0 Å². The summed E-state index contributed by atoms with van der Waals surface area (Å²) in [6.45, 7) is 1.90. The quantitative estimate of drug-likeness (QED) is 0.716. The van der Waals surface area contributed by atoms with E-state index in [2.05, 4.69) is 4.99 Å². The fourth-order valence-electron chi connectivity index (χ4n) is 1.25. The average Bonchev–Trinajstić information content (AvgIpc) is 2.18. The summed E-state index contributed by atoms with van der Waals surface area (Å²) in [7, 11) is 1.65. The van der Waals surface area contributed by atoms with E-state index in [4.69, 9.17) is 5.73 Å². The molecule has 0 saturated heterocycles. The normalized spacial score (nSPS) is 12.4. The monoisotopic (exact) mass is 192 g/mol. The zero-order valence-corrected chi connectivity index (χ0v) is 8.29. The van der Waals surface area contributed by atoms with Crippen molar-refractivity contribution in [2.45, 2.75) is 6.92 Å². The van der Waals surface area contributed by atoms with E-state index in [-0.39, 0.29) is 5.82 Å². The average molecular weight is 192 g/mol. The minimum absolute atomic E-state index is 0.269. The van der Waals surface area contributed by atoms with Gasteiger partial charge in [0.2, 0.25) is 0 Å². The maximum Gasteiger partial charge on any atom is 0.123 e. The highest BCUT2D eigenvalue weighted by molar-refractivity contribution is 6.10. The number of benzene rings is 1. The molecule has 2 nitrogen and oxygen atoms in total. The van der Waals surface area contributed by atoms with Gasteiger partial charge in [-0.1, -0.05) is 6.07 Å². The Bertz CT molecular complexity index is 381. The summed E-state index contributed by atoms with van der Waals surface area (Å²) in [4.78, 5) is 3.86. The van der Waals surface area contributed by atoms with Crippen LogP contribution in [0.2, 0.25) is 0 Å². The van der Waals surface area contributed by atoms with Gasteiger partial charge in [0, 0.05) is 25.0 Å². The van der Waals surface area contributed by atoms with E-state index in [0.29, 0.717) is 0 Å². The van der Waals surface area contributed by atoms with Crippen LogP contribution in [0.25, 0.3) is 5.57 Å². The summed E-state index contributed by atoms with van der Waals surface area (Å²) in [5.41, 5.74) is 7.91. The molecule has 0 spiro atoms. The third-order valence-corrected chi connectivity index (χ3v) is 1.96. The summed E-state index contributed by atoms with van der Waals surface area (Å²) in [5, 5.41) is 0. The van der Waals surface area contributed by atoms with Crippen LogP contribution in [-0.4, -0.2) is 13.3 Å². The molecule has 1 aromatic carbocycles. The standard InChI is InChI=1S/C11H13FN2/c1-8-3-4-10(12)5-11(8)9(6-13)7-14-2/h3-7H,13H2,1-2H3/b9-6+,14-7?. The van der Waals surface area contributed by atoms with Crippen molar-refractivity contribution in [3.05, 3.63) is 41.3 Å². The van der Waals surface area contributed by atoms with Crippen molar-refractivity contribution in [2.24, 2.45) is 10.7 Å². The molecule has 0 fully saturated rings. The molecule has 1 aromatic rings. The first-order chi connectivity index (χ1) is 6.69. The fraction of sp³-hybridized carbons (Fsp3) is 0.182. The molecule has 0 atom stereocenters. The maximum atomic E-state index is 13.0. The van der Waals surface area contributed by atoms with E-state index in [1.807, 2.05) is 6.92 Å². The zero-order chi connectivity index (χ0) is 10.6. The van der Waals surface area contributed by atoms with E-state index in [1.54, 1.807) is 19.3 Å². The molecule has 0 aliphatic rings. The smallest absolute Gasteiger partial charge is 0.123 e. The topological polar surface area (TPSA) is 38.4 Å². The number of allylic oxidation sites excluding steroid dienone is 1. The van der Waals surface area contributed by atoms with Gasteiger partial charge in [-0.2, -0.15) is 0 Å². The Kier molecular flexibility index (Phi) is 3.40. The molecule has 2 N–H and O–H groups in total. The number of halogens is 1. The number of aliphatic imine (C=N–C) groups is 1. The van der Waals surface area contributed by atoms with Crippen LogP contribution in [0.15, 0.2) is 29.4 Å². The van der Waals surface area contributed by atoms with E-state index >= 15 is 0 Å². The minimum Gasteiger partial charge on any atom is -0.404 e. The van der Waals surface area contributed by atoms with Crippen molar-refractivity contribution in [2.75, 3.05) is 7.05 Å². The molecule has 0 saturated carbocycles. The highest BCUT2D eigenvalue weighted by atomic mass is 19.1. The summed E-state index contributed by atoms with van der Waals surface area (Å²) >= 11 is 0. The summed E-state index contributed by atoms with van der Waals surface area (Å²) in [5.74, 6) is -0.269. The molecule has 0 aliphatic heterocycles. The molecule has 0 bridgehead atoms. The van der Waals surface area contributed by atoms with Crippen molar-refractivity contribution >= 4 is 11.8 Å². The van der Waals surface area contributed by atoms with E-state index in [9.17, 15) is 4.39 Å². The van der Waals surface area contributed by atoms with Crippen LogP contribution in [0.5, 0.6) is 0 Å². The number of aryl methyl sites for hydroxylation is 1. The Balaban J connectivity index is 3.22. The Hall–Kier alpha value is -1.64. The van der Waals surface area contributed by atoms with Gasteiger partial charge in [0.15, 0.2) is 0 Å². The van der Waals surface area contributed by atoms with Gasteiger partial charge in [-0.05, 0) is 30.2 Å². The summed E-state index contributed by atoms with van der Waals surface area (Å²) in [6.07, 6.45) is 3.04. The van der Waals surface area contributed by atoms with E-state index in [0.717, 1.165) is 16.7 Å². The van der Waals surface area contributed by atoms with Crippen molar-refractivity contribution in [3.63, 3.8) is 0 Å². The molecule has 0 radical (unpaired) electrons. The highest BCUT2D eigenvalue weighted by Crippen LogP contribution is 2.17. The predicted molar refractivity (Wildman–Crippen MR) is 57.7 cm³/mol. The summed E-state index contributed by atoms with van der Waals surface area (Å²) < 4.78 is 13.0. The van der Waals surface area contributed by atoms with Crippen LogP contribution < -0.4 is 5.73 Å². The lowest BCUT2D eigenvalue weighted by Crippen LogP contribution is -1.95. The molecule has 14 heavy (non-hydrogen) atoms. The van der Waals surface area contributed by atoms with Crippen LogP contribution in [0.4, 0.5) is 4.39 Å². The molecule has 0 amide bonds. The molecule has 0 aliphatic carbocycles. The second-order valence-corrected chi connectivity index (χ2v) is 2.97. The van der Waals surface area contributed by atoms with Crippen molar-refractivity contribution in [3.8, 4) is 0 Å². The van der Waals surface area contributed by atoms with Crippen molar-refractivity contribution in [1.29, 1.82) is 0 Å². The van der Waals surface area contributed by atoms with Crippen LogP contribution >= 0.6 is 0 Å². The third kappa shape index (κ3) is 2.19. The molecule has 0 unspecified atom stereocenters. The Morgan fingerprint density at radius 3 is 2.79 bits per heavy atom. The number of nitrogens with zero attached hydrogens (tertiary/aromatic N) is 1. The lowest BCUT2D eigenvalue weighted by molar-refractivity contribution is 0.627. The van der Waals surface area contributed by atoms with Crippen LogP contribution in [0, 0.1) is 12.7 Å². The molecule has 0 heterocycles. The number of hydrogen-bond donors (Lipinski definition) is 1. The minimum atomic E-state index is -0.269. The largest absolute Gasteiger partial charge is 0.404 e. The van der Waals surface area contributed by atoms with Crippen LogP contribution in [0.1, 0.15) is 11.1 Å².